The van der Waals surface area contributed by atoms with Crippen LogP contribution in [0.15, 0.2) is 23.7 Å². The van der Waals surface area contributed by atoms with Crippen molar-refractivity contribution in [2.75, 3.05) is 7.11 Å². The second-order valence-electron chi connectivity index (χ2n) is 2.78. The molecule has 4 heteroatoms. The predicted molar refractivity (Wildman–Crippen MR) is 58.5 cm³/mol. The van der Waals surface area contributed by atoms with Gasteiger partial charge < -0.3 is 4.74 Å². The quantitative estimate of drug-likeness (QED) is 0.499. The maximum Gasteiger partial charge on any atom is 0.384 e. The SMILES string of the molecule is COC(=O)C#Cc1ccc2scnc2c1. The normalized spacial score (nSPS) is 9.40. The van der Waals surface area contributed by atoms with Crippen LogP contribution in [-0.2, 0) is 9.53 Å². The summed E-state index contributed by atoms with van der Waals surface area (Å²) in [4.78, 5) is 15.0. The Labute approximate surface area is 90.7 Å². The highest BCUT2D eigenvalue weighted by atomic mass is 32.1. The van der Waals surface area contributed by atoms with Crippen LogP contribution in [0.4, 0.5) is 0 Å². The highest BCUT2D eigenvalue weighted by Crippen LogP contribution is 2.18. The third-order valence-electron chi connectivity index (χ3n) is 1.82. The molecule has 0 amide bonds. The standard InChI is InChI=1S/C11H7NO2S/c1-14-11(13)5-3-8-2-4-10-9(6-8)12-7-15-10/h2,4,6-7H,1H3. The molecule has 2 rings (SSSR count). The molecule has 74 valence electrons. The molecule has 0 saturated carbocycles. The number of carbonyl (C=O) groups is 1. The highest BCUT2D eigenvalue weighted by Gasteiger charge is 1.97. The minimum absolute atomic E-state index is 0.534. The molecule has 0 aliphatic carbocycles. The smallest absolute Gasteiger partial charge is 0.384 e. The van der Waals surface area contributed by atoms with Gasteiger partial charge in [0, 0.05) is 11.5 Å². The summed E-state index contributed by atoms with van der Waals surface area (Å²) in [6.07, 6.45) is 0. The van der Waals surface area contributed by atoms with E-state index in [4.69, 9.17) is 0 Å². The number of fused-ring (bicyclic) bond motifs is 1. The summed E-state index contributed by atoms with van der Waals surface area (Å²) < 4.78 is 5.53. The lowest BCUT2D eigenvalue weighted by atomic mass is 10.2. The van der Waals surface area contributed by atoms with Gasteiger partial charge in [0.2, 0.25) is 0 Å². The van der Waals surface area contributed by atoms with Crippen molar-refractivity contribution in [3.63, 3.8) is 0 Å². The van der Waals surface area contributed by atoms with Crippen molar-refractivity contribution in [2.45, 2.75) is 0 Å². The molecular formula is C11H7NO2S. The first-order valence-corrected chi connectivity index (χ1v) is 5.11. The van der Waals surface area contributed by atoms with Gasteiger partial charge in [-0.15, -0.1) is 11.3 Å². The van der Waals surface area contributed by atoms with Crippen LogP contribution in [0.3, 0.4) is 0 Å². The number of benzene rings is 1. The van der Waals surface area contributed by atoms with Crippen molar-refractivity contribution >= 4 is 27.5 Å². The third kappa shape index (κ3) is 2.14. The minimum Gasteiger partial charge on any atom is -0.459 e. The van der Waals surface area contributed by atoms with Crippen molar-refractivity contribution in [2.24, 2.45) is 0 Å². The van der Waals surface area contributed by atoms with Crippen molar-refractivity contribution in [3.05, 3.63) is 29.3 Å². The van der Waals surface area contributed by atoms with Crippen molar-refractivity contribution in [1.82, 2.24) is 4.98 Å². The number of hydrogen-bond acceptors (Lipinski definition) is 4. The molecule has 2 aromatic rings. The van der Waals surface area contributed by atoms with Crippen LogP contribution >= 0.6 is 11.3 Å². The predicted octanol–water partition coefficient (Wildman–Crippen LogP) is 1.82. The Morgan fingerprint density at radius 1 is 1.53 bits per heavy atom. The number of aromatic nitrogens is 1. The molecule has 0 atom stereocenters. The zero-order valence-electron chi connectivity index (χ0n) is 7.98. The van der Waals surface area contributed by atoms with Gasteiger partial charge in [-0.1, -0.05) is 5.92 Å². The van der Waals surface area contributed by atoms with Gasteiger partial charge in [-0.3, -0.25) is 0 Å². The van der Waals surface area contributed by atoms with Gasteiger partial charge in [-0.25, -0.2) is 9.78 Å². The van der Waals surface area contributed by atoms with Gasteiger partial charge in [0.15, 0.2) is 0 Å². The molecule has 0 saturated heterocycles. The van der Waals surface area contributed by atoms with Crippen molar-refractivity contribution in [3.8, 4) is 11.8 Å². The number of hydrogen-bond donors (Lipinski definition) is 0. The second kappa shape index (κ2) is 4.11. The summed E-state index contributed by atoms with van der Waals surface area (Å²) in [6.45, 7) is 0. The third-order valence-corrected chi connectivity index (χ3v) is 2.63. The first-order valence-electron chi connectivity index (χ1n) is 4.23. The number of thiazole rings is 1. The zero-order valence-corrected chi connectivity index (χ0v) is 8.80. The molecule has 1 aromatic heterocycles. The summed E-state index contributed by atoms with van der Waals surface area (Å²) in [5, 5.41) is 0. The van der Waals surface area contributed by atoms with Crippen LogP contribution in [-0.4, -0.2) is 18.1 Å². The van der Waals surface area contributed by atoms with Gasteiger partial charge in [-0.2, -0.15) is 0 Å². The molecule has 0 aliphatic rings. The van der Waals surface area contributed by atoms with E-state index in [0.29, 0.717) is 0 Å². The summed E-state index contributed by atoms with van der Waals surface area (Å²) >= 11 is 1.57. The van der Waals surface area contributed by atoms with E-state index in [2.05, 4.69) is 21.6 Å². The lowest BCUT2D eigenvalue weighted by molar-refractivity contribution is -0.133. The van der Waals surface area contributed by atoms with Gasteiger partial charge in [-0.05, 0) is 18.2 Å². The Morgan fingerprint density at radius 3 is 3.20 bits per heavy atom. The number of methoxy groups -OCH3 is 1. The van der Waals surface area contributed by atoms with Crippen LogP contribution < -0.4 is 0 Å². The van der Waals surface area contributed by atoms with E-state index >= 15 is 0 Å². The molecule has 15 heavy (non-hydrogen) atoms. The Bertz CT molecular complexity index is 562. The summed E-state index contributed by atoms with van der Waals surface area (Å²) in [5.74, 6) is 4.55. The van der Waals surface area contributed by atoms with Crippen LogP contribution in [0.1, 0.15) is 5.56 Å². The van der Waals surface area contributed by atoms with E-state index in [1.807, 2.05) is 18.2 Å². The number of rotatable bonds is 0. The molecule has 0 fully saturated rings. The largest absolute Gasteiger partial charge is 0.459 e. The Morgan fingerprint density at radius 2 is 2.40 bits per heavy atom. The lowest BCUT2D eigenvalue weighted by Gasteiger charge is -1.90. The molecule has 1 heterocycles. The molecule has 0 spiro atoms. The number of carbonyl (C=O) groups excluding carboxylic acids is 1. The molecule has 1 aromatic carbocycles. The highest BCUT2D eigenvalue weighted by molar-refractivity contribution is 7.16. The van der Waals surface area contributed by atoms with Crippen LogP contribution in [0.25, 0.3) is 10.2 Å². The van der Waals surface area contributed by atoms with Crippen LogP contribution in [0.2, 0.25) is 0 Å². The van der Waals surface area contributed by atoms with E-state index < -0.39 is 5.97 Å². The van der Waals surface area contributed by atoms with E-state index in [1.54, 1.807) is 16.8 Å². The first kappa shape index (κ1) is 9.69. The molecular weight excluding hydrogens is 210 g/mol. The Balaban J connectivity index is 2.35. The molecule has 0 bridgehead atoms. The fraction of sp³-hybridized carbons (Fsp3) is 0.0909. The first-order chi connectivity index (χ1) is 7.29. The average Bonchev–Trinajstić information content (AvgIpc) is 2.72. The second-order valence-corrected chi connectivity index (χ2v) is 3.66. The fourth-order valence-electron chi connectivity index (χ4n) is 1.11. The zero-order chi connectivity index (χ0) is 10.7. The molecule has 0 N–H and O–H groups in total. The average molecular weight is 217 g/mol. The maximum atomic E-state index is 10.8. The fourth-order valence-corrected chi connectivity index (χ4v) is 1.77. The molecule has 0 aliphatic heterocycles. The molecule has 0 unspecified atom stereocenters. The van der Waals surface area contributed by atoms with Crippen molar-refractivity contribution in [1.29, 1.82) is 0 Å². The van der Waals surface area contributed by atoms with E-state index in [9.17, 15) is 4.79 Å². The van der Waals surface area contributed by atoms with Crippen molar-refractivity contribution < 1.29 is 9.53 Å². The number of esters is 1. The van der Waals surface area contributed by atoms with Crippen LogP contribution in [0.5, 0.6) is 0 Å². The lowest BCUT2D eigenvalue weighted by Crippen LogP contribution is -1.94. The van der Waals surface area contributed by atoms with Gasteiger partial charge >= 0.3 is 5.97 Å². The number of nitrogens with zero attached hydrogens (tertiary/aromatic N) is 1. The van der Waals surface area contributed by atoms with E-state index in [-0.39, 0.29) is 0 Å². The monoisotopic (exact) mass is 217 g/mol. The minimum atomic E-state index is -0.534. The maximum absolute atomic E-state index is 10.8. The Hall–Kier alpha value is -1.86. The van der Waals surface area contributed by atoms with Gasteiger partial charge in [0.05, 0.1) is 22.8 Å². The van der Waals surface area contributed by atoms with E-state index in [0.717, 1.165) is 15.8 Å². The summed E-state index contributed by atoms with van der Waals surface area (Å²) in [7, 11) is 1.31. The van der Waals surface area contributed by atoms with Gasteiger partial charge in [0.25, 0.3) is 0 Å². The number of ether oxygens (including phenoxy) is 1. The Kier molecular flexibility index (Phi) is 2.66. The van der Waals surface area contributed by atoms with Gasteiger partial charge in [0.1, 0.15) is 0 Å². The topological polar surface area (TPSA) is 39.2 Å². The molecule has 0 radical (unpaired) electrons. The summed E-state index contributed by atoms with van der Waals surface area (Å²) in [6, 6.07) is 5.65. The van der Waals surface area contributed by atoms with E-state index in [1.165, 1.54) is 7.11 Å². The summed E-state index contributed by atoms with van der Waals surface area (Å²) in [5.41, 5.74) is 3.44. The van der Waals surface area contributed by atoms with Crippen LogP contribution in [0, 0.1) is 11.8 Å². The molecule has 3 nitrogen and oxygen atoms in total.